The number of hydrogen-bond acceptors (Lipinski definition) is 6. The van der Waals surface area contributed by atoms with Crippen molar-refractivity contribution in [2.75, 3.05) is 13.2 Å². The summed E-state index contributed by atoms with van der Waals surface area (Å²) in [5.41, 5.74) is 0.905. The van der Waals surface area contributed by atoms with Crippen LogP contribution in [0.2, 0.25) is 0 Å². The molecular formula is C12H16N2O3S3. The lowest BCUT2D eigenvalue weighted by molar-refractivity contribution is 0.300. The molecule has 0 aliphatic heterocycles. The van der Waals surface area contributed by atoms with Crippen LogP contribution >= 0.6 is 22.7 Å². The number of thiazole rings is 1. The van der Waals surface area contributed by atoms with E-state index < -0.39 is 10.0 Å². The molecule has 0 aromatic carbocycles. The van der Waals surface area contributed by atoms with Crippen molar-refractivity contribution in [2.24, 2.45) is 0 Å². The van der Waals surface area contributed by atoms with E-state index in [1.165, 1.54) is 11.3 Å². The van der Waals surface area contributed by atoms with Gasteiger partial charge in [0.1, 0.15) is 4.21 Å². The van der Waals surface area contributed by atoms with E-state index in [2.05, 4.69) is 9.71 Å². The highest BCUT2D eigenvalue weighted by atomic mass is 32.2. The smallest absolute Gasteiger partial charge is 0.250 e. The molecule has 0 aliphatic rings. The molecule has 110 valence electrons. The Morgan fingerprint density at radius 2 is 2.15 bits per heavy atom. The zero-order chi connectivity index (χ0) is 14.6. The molecule has 0 radical (unpaired) electrons. The summed E-state index contributed by atoms with van der Waals surface area (Å²) in [6, 6.07) is 3.31. The molecule has 0 aliphatic carbocycles. The molecule has 0 amide bonds. The number of nitrogens with one attached hydrogen (secondary N) is 1. The standard InChI is InChI=1S/C12H16N2O3S3/c1-9-14-10(8-18-9)4-6-13-20(16,17)12-3-2-11(19-12)5-7-15/h2-3,8,13,15H,4-7H2,1H3. The topological polar surface area (TPSA) is 79.3 Å². The van der Waals surface area contributed by atoms with Crippen LogP contribution in [0.25, 0.3) is 0 Å². The highest BCUT2D eigenvalue weighted by molar-refractivity contribution is 7.91. The van der Waals surface area contributed by atoms with Crippen molar-refractivity contribution in [2.45, 2.75) is 24.0 Å². The minimum Gasteiger partial charge on any atom is -0.396 e. The van der Waals surface area contributed by atoms with E-state index in [4.69, 9.17) is 5.11 Å². The van der Waals surface area contributed by atoms with E-state index >= 15 is 0 Å². The van der Waals surface area contributed by atoms with E-state index in [-0.39, 0.29) is 10.8 Å². The molecule has 0 bridgehead atoms. The number of aryl methyl sites for hydroxylation is 1. The third-order valence-electron chi connectivity index (χ3n) is 2.60. The molecule has 2 rings (SSSR count). The van der Waals surface area contributed by atoms with E-state index in [9.17, 15) is 8.42 Å². The minimum atomic E-state index is -3.46. The predicted octanol–water partition coefficient (Wildman–Crippen LogP) is 1.57. The fourth-order valence-electron chi connectivity index (χ4n) is 1.65. The van der Waals surface area contributed by atoms with Gasteiger partial charge in [-0.2, -0.15) is 0 Å². The Hall–Kier alpha value is -0.800. The largest absolute Gasteiger partial charge is 0.396 e. The zero-order valence-corrected chi connectivity index (χ0v) is 13.4. The summed E-state index contributed by atoms with van der Waals surface area (Å²) in [6.45, 7) is 2.28. The Morgan fingerprint density at radius 1 is 1.35 bits per heavy atom. The van der Waals surface area contributed by atoms with Crippen LogP contribution in [-0.4, -0.2) is 31.7 Å². The van der Waals surface area contributed by atoms with E-state index in [1.54, 1.807) is 23.5 Å². The normalized spacial score (nSPS) is 11.9. The molecule has 2 heterocycles. The van der Waals surface area contributed by atoms with Crippen molar-refractivity contribution in [1.29, 1.82) is 0 Å². The summed E-state index contributed by atoms with van der Waals surface area (Å²) >= 11 is 2.75. The zero-order valence-electron chi connectivity index (χ0n) is 11.0. The Balaban J connectivity index is 1.92. The lowest BCUT2D eigenvalue weighted by atomic mass is 10.3. The van der Waals surface area contributed by atoms with Crippen molar-refractivity contribution in [1.82, 2.24) is 9.71 Å². The number of hydrogen-bond donors (Lipinski definition) is 2. The second-order valence-corrected chi connectivity index (χ2v) is 8.42. The first-order valence-electron chi connectivity index (χ1n) is 6.11. The van der Waals surface area contributed by atoms with Gasteiger partial charge in [-0.25, -0.2) is 18.1 Å². The summed E-state index contributed by atoms with van der Waals surface area (Å²) in [5.74, 6) is 0. The quantitative estimate of drug-likeness (QED) is 0.806. The predicted molar refractivity (Wildman–Crippen MR) is 80.9 cm³/mol. The second kappa shape index (κ2) is 6.77. The summed E-state index contributed by atoms with van der Waals surface area (Å²) in [5, 5.41) is 11.8. The Labute approximate surface area is 126 Å². The van der Waals surface area contributed by atoms with Crippen LogP contribution in [0, 0.1) is 6.92 Å². The summed E-state index contributed by atoms with van der Waals surface area (Å²) in [4.78, 5) is 5.15. The third kappa shape index (κ3) is 4.10. The van der Waals surface area contributed by atoms with Gasteiger partial charge < -0.3 is 5.11 Å². The van der Waals surface area contributed by atoms with Gasteiger partial charge in [-0.05, 0) is 19.1 Å². The lowest BCUT2D eigenvalue weighted by Gasteiger charge is -2.03. The fourth-order valence-corrected chi connectivity index (χ4v) is 4.72. The first-order valence-corrected chi connectivity index (χ1v) is 9.29. The van der Waals surface area contributed by atoms with Gasteiger partial charge >= 0.3 is 0 Å². The Morgan fingerprint density at radius 3 is 2.80 bits per heavy atom. The number of aliphatic hydroxyl groups is 1. The van der Waals surface area contributed by atoms with Crippen molar-refractivity contribution >= 4 is 32.7 Å². The molecule has 0 unspecified atom stereocenters. The molecule has 8 heteroatoms. The average Bonchev–Trinajstić information content (AvgIpc) is 2.99. The number of aliphatic hydroxyl groups excluding tert-OH is 1. The van der Waals surface area contributed by atoms with Crippen LogP contribution in [-0.2, 0) is 22.9 Å². The van der Waals surface area contributed by atoms with Gasteiger partial charge in [0.05, 0.1) is 10.7 Å². The number of aromatic nitrogens is 1. The van der Waals surface area contributed by atoms with E-state index in [0.717, 1.165) is 15.6 Å². The van der Waals surface area contributed by atoms with Crippen molar-refractivity contribution < 1.29 is 13.5 Å². The van der Waals surface area contributed by atoms with E-state index in [0.29, 0.717) is 19.4 Å². The molecular weight excluding hydrogens is 316 g/mol. The molecule has 2 aromatic heterocycles. The van der Waals surface area contributed by atoms with Gasteiger partial charge in [-0.3, -0.25) is 0 Å². The highest BCUT2D eigenvalue weighted by Gasteiger charge is 2.16. The fraction of sp³-hybridized carbons (Fsp3) is 0.417. The maximum atomic E-state index is 12.1. The molecule has 2 aromatic rings. The monoisotopic (exact) mass is 332 g/mol. The number of rotatable bonds is 7. The van der Waals surface area contributed by atoms with Crippen LogP contribution in [0.1, 0.15) is 15.6 Å². The molecule has 20 heavy (non-hydrogen) atoms. The van der Waals surface area contributed by atoms with E-state index in [1.807, 2.05) is 12.3 Å². The summed E-state index contributed by atoms with van der Waals surface area (Å²) < 4.78 is 27.0. The summed E-state index contributed by atoms with van der Waals surface area (Å²) in [7, 11) is -3.46. The average molecular weight is 332 g/mol. The first-order chi connectivity index (χ1) is 9.51. The van der Waals surface area contributed by atoms with Gasteiger partial charge in [0.2, 0.25) is 10.0 Å². The van der Waals surface area contributed by atoms with Crippen LogP contribution in [0.15, 0.2) is 21.7 Å². The third-order valence-corrected chi connectivity index (χ3v) is 6.52. The molecule has 0 atom stereocenters. The van der Waals surface area contributed by atoms with Crippen LogP contribution in [0.3, 0.4) is 0 Å². The van der Waals surface area contributed by atoms with Gasteiger partial charge in [-0.1, -0.05) is 0 Å². The summed E-state index contributed by atoms with van der Waals surface area (Å²) in [6.07, 6.45) is 1.07. The Kier molecular flexibility index (Phi) is 5.28. The number of sulfonamides is 1. The SMILES string of the molecule is Cc1nc(CCNS(=O)(=O)c2ccc(CCO)s2)cs1. The number of nitrogens with zero attached hydrogens (tertiary/aromatic N) is 1. The highest BCUT2D eigenvalue weighted by Crippen LogP contribution is 2.21. The van der Waals surface area contributed by atoms with Crippen LogP contribution in [0.4, 0.5) is 0 Å². The minimum absolute atomic E-state index is 0.0244. The molecule has 0 fully saturated rings. The molecule has 0 saturated heterocycles. The van der Waals surface area contributed by atoms with Crippen molar-refractivity contribution in [3.8, 4) is 0 Å². The Bertz CT molecular complexity index is 661. The van der Waals surface area contributed by atoms with Crippen LogP contribution in [0.5, 0.6) is 0 Å². The molecule has 0 spiro atoms. The van der Waals surface area contributed by atoms with Crippen molar-refractivity contribution in [3.05, 3.63) is 33.1 Å². The second-order valence-electron chi connectivity index (χ2n) is 4.20. The van der Waals surface area contributed by atoms with Crippen LogP contribution < -0.4 is 4.72 Å². The number of thiophene rings is 1. The van der Waals surface area contributed by atoms with Gasteiger partial charge in [0.25, 0.3) is 0 Å². The van der Waals surface area contributed by atoms with Gasteiger partial charge in [-0.15, -0.1) is 22.7 Å². The maximum absolute atomic E-state index is 12.1. The van der Waals surface area contributed by atoms with Gasteiger partial charge in [0.15, 0.2) is 0 Å². The molecule has 5 nitrogen and oxygen atoms in total. The lowest BCUT2D eigenvalue weighted by Crippen LogP contribution is -2.25. The molecule has 0 saturated carbocycles. The van der Waals surface area contributed by atoms with Crippen molar-refractivity contribution in [3.63, 3.8) is 0 Å². The van der Waals surface area contributed by atoms with Gasteiger partial charge in [0, 0.05) is 36.3 Å². The first kappa shape index (κ1) is 15.6. The maximum Gasteiger partial charge on any atom is 0.250 e. The molecule has 2 N–H and O–H groups in total.